The van der Waals surface area contributed by atoms with Crippen LogP contribution in [-0.4, -0.2) is 11.1 Å². The number of carbonyl (C=O) groups is 1. The van der Waals surface area contributed by atoms with E-state index in [-0.39, 0.29) is 0 Å². The topological polar surface area (TPSA) is 37.3 Å². The molecule has 1 aromatic carbocycles. The second-order valence-corrected chi connectivity index (χ2v) is 4.63. The van der Waals surface area contributed by atoms with Crippen LogP contribution in [0, 0.1) is 5.41 Å². The van der Waals surface area contributed by atoms with Crippen molar-refractivity contribution in [3.63, 3.8) is 0 Å². The molecule has 17 heavy (non-hydrogen) atoms. The van der Waals surface area contributed by atoms with E-state index in [1.807, 2.05) is 56.3 Å². The molecular formula is C15H20O2. The number of aliphatic carboxylic acids is 1. The predicted molar refractivity (Wildman–Crippen MR) is 70.7 cm³/mol. The number of rotatable bonds is 6. The molecule has 0 aromatic heterocycles. The Morgan fingerprint density at radius 2 is 2.00 bits per heavy atom. The molecule has 0 aliphatic rings. The van der Waals surface area contributed by atoms with E-state index in [0.717, 1.165) is 12.0 Å². The zero-order valence-corrected chi connectivity index (χ0v) is 10.5. The van der Waals surface area contributed by atoms with Crippen molar-refractivity contribution in [2.45, 2.75) is 33.1 Å². The first-order chi connectivity index (χ1) is 8.08. The average molecular weight is 232 g/mol. The van der Waals surface area contributed by atoms with Crippen LogP contribution in [0.1, 0.15) is 38.7 Å². The molecule has 0 aliphatic carbocycles. The van der Waals surface area contributed by atoms with Crippen molar-refractivity contribution in [1.82, 2.24) is 0 Å². The summed E-state index contributed by atoms with van der Waals surface area (Å²) in [5, 5.41) is 9.23. The van der Waals surface area contributed by atoms with Crippen LogP contribution in [0.3, 0.4) is 0 Å². The van der Waals surface area contributed by atoms with Gasteiger partial charge in [-0.25, -0.2) is 0 Å². The molecule has 0 amide bonds. The molecule has 0 heterocycles. The first kappa shape index (κ1) is 13.5. The van der Waals surface area contributed by atoms with Crippen LogP contribution in [0.5, 0.6) is 0 Å². The normalized spacial score (nSPS) is 14.7. The highest BCUT2D eigenvalue weighted by Gasteiger charge is 2.30. The first-order valence-corrected chi connectivity index (χ1v) is 6.03. The van der Waals surface area contributed by atoms with Crippen LogP contribution in [0.4, 0.5) is 0 Å². The van der Waals surface area contributed by atoms with Crippen LogP contribution in [0.2, 0.25) is 0 Å². The second-order valence-electron chi connectivity index (χ2n) is 4.63. The zero-order chi connectivity index (χ0) is 12.7. The third-order valence-corrected chi connectivity index (χ3v) is 3.00. The lowest BCUT2D eigenvalue weighted by molar-refractivity contribution is -0.148. The van der Waals surface area contributed by atoms with E-state index < -0.39 is 11.4 Å². The Kier molecular flexibility index (Phi) is 4.95. The molecule has 1 atom stereocenters. The summed E-state index contributed by atoms with van der Waals surface area (Å²) in [7, 11) is 0. The summed E-state index contributed by atoms with van der Waals surface area (Å²) in [6.45, 7) is 3.83. The highest BCUT2D eigenvalue weighted by atomic mass is 16.4. The predicted octanol–water partition coefficient (Wildman–Crippen LogP) is 3.98. The lowest BCUT2D eigenvalue weighted by atomic mass is 9.82. The molecule has 1 aromatic rings. The summed E-state index contributed by atoms with van der Waals surface area (Å²) in [4.78, 5) is 11.2. The molecule has 1 unspecified atom stereocenters. The van der Waals surface area contributed by atoms with Gasteiger partial charge in [-0.2, -0.15) is 0 Å². The lowest BCUT2D eigenvalue weighted by Crippen LogP contribution is -2.26. The van der Waals surface area contributed by atoms with Crippen molar-refractivity contribution in [2.24, 2.45) is 5.41 Å². The maximum atomic E-state index is 11.2. The minimum absolute atomic E-state index is 0.574. The van der Waals surface area contributed by atoms with Crippen LogP contribution in [0.15, 0.2) is 36.4 Å². The quantitative estimate of drug-likeness (QED) is 0.805. The summed E-state index contributed by atoms with van der Waals surface area (Å²) in [5.41, 5.74) is 0.469. The zero-order valence-electron chi connectivity index (χ0n) is 10.5. The molecule has 1 rings (SSSR count). The van der Waals surface area contributed by atoms with Crippen LogP contribution >= 0.6 is 0 Å². The van der Waals surface area contributed by atoms with Gasteiger partial charge in [0, 0.05) is 0 Å². The van der Waals surface area contributed by atoms with Crippen LogP contribution in [-0.2, 0) is 4.79 Å². The van der Waals surface area contributed by atoms with Crippen molar-refractivity contribution in [1.29, 1.82) is 0 Å². The fraction of sp³-hybridized carbons (Fsp3) is 0.400. The van der Waals surface area contributed by atoms with Gasteiger partial charge in [0.15, 0.2) is 0 Å². The molecule has 0 aliphatic heterocycles. The molecule has 2 heteroatoms. The maximum Gasteiger partial charge on any atom is 0.309 e. The number of allylic oxidation sites excluding steroid dienone is 1. The molecule has 1 N–H and O–H groups in total. The van der Waals surface area contributed by atoms with Crippen molar-refractivity contribution in [3.8, 4) is 0 Å². The minimum Gasteiger partial charge on any atom is -0.481 e. The fourth-order valence-corrected chi connectivity index (χ4v) is 1.87. The van der Waals surface area contributed by atoms with Crippen LogP contribution < -0.4 is 0 Å². The standard InChI is InChI=1S/C15H20O2/c1-3-11-15(2,14(16)17)12-7-10-13-8-5-4-6-9-13/h4-10H,3,11-12H2,1-2H3,(H,16,17). The second kappa shape index (κ2) is 6.24. The van der Waals surface area contributed by atoms with E-state index >= 15 is 0 Å². The lowest BCUT2D eigenvalue weighted by Gasteiger charge is -2.22. The SMILES string of the molecule is CCCC(C)(CC=Cc1ccccc1)C(=O)O. The molecule has 0 saturated carbocycles. The van der Waals surface area contributed by atoms with Crippen molar-refractivity contribution in [3.05, 3.63) is 42.0 Å². The van der Waals surface area contributed by atoms with E-state index in [1.165, 1.54) is 0 Å². The molecular weight excluding hydrogens is 212 g/mol. The number of hydrogen-bond donors (Lipinski definition) is 1. The van der Waals surface area contributed by atoms with E-state index in [1.54, 1.807) is 0 Å². The van der Waals surface area contributed by atoms with Crippen molar-refractivity contribution in [2.75, 3.05) is 0 Å². The summed E-state index contributed by atoms with van der Waals surface area (Å²) < 4.78 is 0. The van der Waals surface area contributed by atoms with Gasteiger partial charge < -0.3 is 5.11 Å². The Morgan fingerprint density at radius 1 is 1.35 bits per heavy atom. The summed E-state index contributed by atoms with van der Waals surface area (Å²) >= 11 is 0. The van der Waals surface area contributed by atoms with E-state index in [9.17, 15) is 9.90 Å². The van der Waals surface area contributed by atoms with Gasteiger partial charge in [-0.05, 0) is 25.3 Å². The number of hydrogen-bond acceptors (Lipinski definition) is 1. The average Bonchev–Trinajstić information content (AvgIpc) is 2.30. The molecule has 0 bridgehead atoms. The maximum absolute atomic E-state index is 11.2. The third kappa shape index (κ3) is 4.06. The Balaban J connectivity index is 2.64. The summed E-state index contributed by atoms with van der Waals surface area (Å²) in [5.74, 6) is -0.711. The summed E-state index contributed by atoms with van der Waals surface area (Å²) in [6, 6.07) is 9.93. The van der Waals surface area contributed by atoms with Gasteiger partial charge in [0.1, 0.15) is 0 Å². The van der Waals surface area contributed by atoms with E-state index in [4.69, 9.17) is 0 Å². The van der Waals surface area contributed by atoms with Crippen LogP contribution in [0.25, 0.3) is 6.08 Å². The smallest absolute Gasteiger partial charge is 0.309 e. The monoisotopic (exact) mass is 232 g/mol. The van der Waals surface area contributed by atoms with Gasteiger partial charge in [-0.3, -0.25) is 4.79 Å². The Hall–Kier alpha value is -1.57. The molecule has 2 nitrogen and oxygen atoms in total. The van der Waals surface area contributed by atoms with Gasteiger partial charge in [0.25, 0.3) is 0 Å². The highest BCUT2D eigenvalue weighted by molar-refractivity contribution is 5.74. The van der Waals surface area contributed by atoms with Crippen molar-refractivity contribution >= 4 is 12.0 Å². The van der Waals surface area contributed by atoms with Gasteiger partial charge in [-0.15, -0.1) is 0 Å². The highest BCUT2D eigenvalue weighted by Crippen LogP contribution is 2.28. The molecule has 92 valence electrons. The molecule has 0 spiro atoms. The number of carboxylic acid groups (broad SMARTS) is 1. The molecule has 0 radical (unpaired) electrons. The van der Waals surface area contributed by atoms with Crippen molar-refractivity contribution < 1.29 is 9.90 Å². The fourth-order valence-electron chi connectivity index (χ4n) is 1.87. The van der Waals surface area contributed by atoms with Gasteiger partial charge >= 0.3 is 5.97 Å². The Bertz CT molecular complexity index is 381. The number of benzene rings is 1. The van der Waals surface area contributed by atoms with E-state index in [0.29, 0.717) is 12.8 Å². The first-order valence-electron chi connectivity index (χ1n) is 6.03. The third-order valence-electron chi connectivity index (χ3n) is 3.00. The minimum atomic E-state index is -0.711. The largest absolute Gasteiger partial charge is 0.481 e. The Labute approximate surface area is 103 Å². The molecule has 0 saturated heterocycles. The van der Waals surface area contributed by atoms with Gasteiger partial charge in [0.05, 0.1) is 5.41 Å². The van der Waals surface area contributed by atoms with Gasteiger partial charge in [-0.1, -0.05) is 55.8 Å². The molecule has 0 fully saturated rings. The number of carboxylic acids is 1. The van der Waals surface area contributed by atoms with Gasteiger partial charge in [0.2, 0.25) is 0 Å². The summed E-state index contributed by atoms with van der Waals surface area (Å²) in [6.07, 6.45) is 6.12. The Morgan fingerprint density at radius 3 is 2.53 bits per heavy atom. The van der Waals surface area contributed by atoms with E-state index in [2.05, 4.69) is 0 Å².